The highest BCUT2D eigenvalue weighted by molar-refractivity contribution is 14.1. The monoisotopic (exact) mass is 778 g/mol. The van der Waals surface area contributed by atoms with Crippen LogP contribution in [0.4, 0.5) is 0 Å². The molecule has 2 rings (SSSR count). The van der Waals surface area contributed by atoms with Gasteiger partial charge in [-0.1, -0.05) is 171 Å². The first kappa shape index (κ1) is 43.9. The zero-order valence-corrected chi connectivity index (χ0v) is 32.5. The predicted octanol–water partition coefficient (Wildman–Crippen LogP) is 13.6. The predicted molar refractivity (Wildman–Crippen MR) is 223 cm³/mol. The fourth-order valence-corrected chi connectivity index (χ4v) is 5.50. The SMILES string of the molecule is C=C1CC[C@@H](/C=C/C=C\C/C=C\C/C=C\C/C=C\C/C=C\CC)O1.CC/C=C\C/C=C\C/C=C\C/C=C\C/C=C\CC(I)[C@@H]1CCC(=O)O1. The molecule has 4 heteroatoms. The third-order valence-electron chi connectivity index (χ3n) is 7.43. The topological polar surface area (TPSA) is 35.5 Å². The smallest absolute Gasteiger partial charge is 0.306 e. The number of cyclic esters (lactones) is 1. The molecule has 1 unspecified atom stereocenters. The summed E-state index contributed by atoms with van der Waals surface area (Å²) in [7, 11) is 0. The van der Waals surface area contributed by atoms with Gasteiger partial charge in [0, 0.05) is 12.8 Å². The quantitative estimate of drug-likeness (QED) is 0.0341. The summed E-state index contributed by atoms with van der Waals surface area (Å²) in [6.45, 7) is 8.15. The van der Waals surface area contributed by atoms with Gasteiger partial charge in [0.15, 0.2) is 0 Å². The highest BCUT2D eigenvalue weighted by Crippen LogP contribution is 2.25. The third-order valence-corrected chi connectivity index (χ3v) is 8.74. The van der Waals surface area contributed by atoms with Crippen LogP contribution >= 0.6 is 22.6 Å². The van der Waals surface area contributed by atoms with Crippen molar-refractivity contribution in [3.63, 3.8) is 0 Å². The number of carbonyl (C=O) groups excluding carboxylic acids is 1. The van der Waals surface area contributed by atoms with E-state index in [9.17, 15) is 4.79 Å². The van der Waals surface area contributed by atoms with Gasteiger partial charge in [0.25, 0.3) is 0 Å². The summed E-state index contributed by atoms with van der Waals surface area (Å²) in [5.41, 5.74) is 0. The molecule has 0 aromatic rings. The molecular formula is C45H63IO3. The van der Waals surface area contributed by atoms with Crippen LogP contribution in [-0.2, 0) is 14.3 Å². The number of esters is 1. The molecule has 0 radical (unpaired) electrons. The molecule has 3 nitrogen and oxygen atoms in total. The summed E-state index contributed by atoms with van der Waals surface area (Å²) in [4.78, 5) is 11.1. The van der Waals surface area contributed by atoms with E-state index in [4.69, 9.17) is 9.47 Å². The lowest BCUT2D eigenvalue weighted by molar-refractivity contribution is -0.141. The van der Waals surface area contributed by atoms with Crippen LogP contribution in [0.3, 0.4) is 0 Å². The molecule has 0 spiro atoms. The van der Waals surface area contributed by atoms with Crippen LogP contribution in [0.15, 0.2) is 146 Å². The van der Waals surface area contributed by atoms with Crippen LogP contribution in [0.25, 0.3) is 0 Å². The first-order valence-electron chi connectivity index (χ1n) is 18.4. The van der Waals surface area contributed by atoms with Crippen LogP contribution in [0.2, 0.25) is 0 Å². The van der Waals surface area contributed by atoms with E-state index in [1.54, 1.807) is 0 Å². The van der Waals surface area contributed by atoms with Crippen molar-refractivity contribution in [3.8, 4) is 0 Å². The maximum Gasteiger partial charge on any atom is 0.306 e. The second kappa shape index (κ2) is 33.4. The fourth-order valence-electron chi connectivity index (χ4n) is 4.70. The number of hydrogen-bond donors (Lipinski definition) is 0. The molecule has 0 aromatic carbocycles. The molecule has 2 saturated heterocycles. The molecular weight excluding hydrogens is 715 g/mol. The van der Waals surface area contributed by atoms with Crippen LogP contribution in [0.5, 0.6) is 0 Å². The Bertz CT molecular complexity index is 1190. The van der Waals surface area contributed by atoms with Crippen molar-refractivity contribution in [2.75, 3.05) is 0 Å². The van der Waals surface area contributed by atoms with Gasteiger partial charge in [-0.2, -0.15) is 0 Å². The van der Waals surface area contributed by atoms with E-state index >= 15 is 0 Å². The molecule has 0 aromatic heterocycles. The minimum atomic E-state index is -0.0459. The average Bonchev–Trinajstić information content (AvgIpc) is 3.74. The number of allylic oxidation sites excluding steroid dienone is 22. The molecule has 0 amide bonds. The molecule has 3 atom stereocenters. The zero-order valence-electron chi connectivity index (χ0n) is 30.4. The van der Waals surface area contributed by atoms with E-state index in [-0.39, 0.29) is 18.2 Å². The van der Waals surface area contributed by atoms with Crippen molar-refractivity contribution in [3.05, 3.63) is 146 Å². The first-order chi connectivity index (χ1) is 24.1. The van der Waals surface area contributed by atoms with Gasteiger partial charge in [-0.25, -0.2) is 0 Å². The van der Waals surface area contributed by atoms with Crippen molar-refractivity contribution in [1.82, 2.24) is 0 Å². The molecule has 2 heterocycles. The molecule has 2 aliphatic rings. The van der Waals surface area contributed by atoms with Gasteiger partial charge >= 0.3 is 5.97 Å². The van der Waals surface area contributed by atoms with Crippen molar-refractivity contribution in [1.29, 1.82) is 0 Å². The summed E-state index contributed by atoms with van der Waals surface area (Å²) in [6.07, 6.45) is 63.2. The number of alkyl halides is 1. The van der Waals surface area contributed by atoms with Gasteiger partial charge in [0.2, 0.25) is 0 Å². The highest BCUT2D eigenvalue weighted by Gasteiger charge is 2.28. The van der Waals surface area contributed by atoms with E-state index in [1.807, 2.05) is 0 Å². The van der Waals surface area contributed by atoms with E-state index < -0.39 is 0 Å². The second-order valence-electron chi connectivity index (χ2n) is 11.8. The number of hydrogen-bond acceptors (Lipinski definition) is 3. The van der Waals surface area contributed by atoms with Crippen molar-refractivity contribution in [2.24, 2.45) is 0 Å². The van der Waals surface area contributed by atoms with Crippen LogP contribution in [-0.4, -0.2) is 22.1 Å². The lowest BCUT2D eigenvalue weighted by atomic mass is 10.1. The van der Waals surface area contributed by atoms with E-state index in [0.29, 0.717) is 10.3 Å². The highest BCUT2D eigenvalue weighted by atomic mass is 127. The van der Waals surface area contributed by atoms with E-state index in [1.165, 1.54) is 0 Å². The third kappa shape index (κ3) is 28.4. The summed E-state index contributed by atoms with van der Waals surface area (Å²) >= 11 is 2.39. The Morgan fingerprint density at radius 1 is 0.592 bits per heavy atom. The zero-order chi connectivity index (χ0) is 35.5. The Morgan fingerprint density at radius 3 is 1.41 bits per heavy atom. The van der Waals surface area contributed by atoms with Crippen molar-refractivity contribution >= 4 is 28.6 Å². The molecule has 2 fully saturated rings. The second-order valence-corrected chi connectivity index (χ2v) is 13.4. The first-order valence-corrected chi connectivity index (χ1v) is 19.7. The number of halogens is 1. The van der Waals surface area contributed by atoms with Crippen LogP contribution in [0, 0.1) is 0 Å². The molecule has 49 heavy (non-hydrogen) atoms. The molecule has 0 N–H and O–H groups in total. The van der Waals surface area contributed by atoms with Gasteiger partial charge < -0.3 is 9.47 Å². The summed E-state index contributed by atoms with van der Waals surface area (Å²) < 4.78 is 11.2. The van der Waals surface area contributed by atoms with E-state index in [2.05, 4.69) is 177 Å². The molecule has 0 bridgehead atoms. The van der Waals surface area contributed by atoms with Gasteiger partial charge in [-0.3, -0.25) is 4.79 Å². The summed E-state index contributed by atoms with van der Waals surface area (Å²) in [6, 6.07) is 0. The Balaban J connectivity index is 0.000000490. The lowest BCUT2D eigenvalue weighted by Crippen LogP contribution is -2.19. The maximum absolute atomic E-state index is 11.1. The minimum Gasteiger partial charge on any atom is -0.491 e. The Hall–Kier alpha value is -3.12. The molecule has 0 saturated carbocycles. The van der Waals surface area contributed by atoms with Gasteiger partial charge in [0.1, 0.15) is 12.2 Å². The standard InChI is InChI=1S/C23H32O.C22H31IO2/c1-3-4-5-6-7-8-9-10-11-12-13-14-15-16-17-18-19-23-21-20-22(2)24-23;1-2-3-4-5-6-7-8-9-10-11-12-13-14-15-16-17-20(23)21-18-19-22(24)25-21/h4-5,7-8,10-11,13-14,16-19,23H,2-3,6,9,12,15,20-21H2,1H3;3-4,6-7,9-10,12-13,15-16,20-21H,2,5,8,11,14,17-19H2,1H3/b5-4-,8-7-,11-10-,14-13-,17-16-,19-18+;4-3-,7-6-,10-9-,13-12-,16-15-/t23-;20?,21-/m10/s1. The summed E-state index contributed by atoms with van der Waals surface area (Å²) in [5, 5.41) is 0. The average molecular weight is 779 g/mol. The lowest BCUT2D eigenvalue weighted by Gasteiger charge is -2.14. The largest absolute Gasteiger partial charge is 0.491 e. The summed E-state index contributed by atoms with van der Waals surface area (Å²) in [5.74, 6) is 0.865. The minimum absolute atomic E-state index is 0.0459. The van der Waals surface area contributed by atoms with Gasteiger partial charge in [0.05, 0.1) is 9.68 Å². The van der Waals surface area contributed by atoms with Crippen LogP contribution in [0.1, 0.15) is 110 Å². The Labute approximate surface area is 313 Å². The van der Waals surface area contributed by atoms with Crippen molar-refractivity contribution < 1.29 is 14.3 Å². The molecule has 0 aliphatic carbocycles. The number of rotatable bonds is 23. The molecule has 268 valence electrons. The van der Waals surface area contributed by atoms with E-state index in [0.717, 1.165) is 95.7 Å². The molecule has 2 aliphatic heterocycles. The van der Waals surface area contributed by atoms with Crippen molar-refractivity contribution in [2.45, 2.75) is 126 Å². The van der Waals surface area contributed by atoms with Gasteiger partial charge in [-0.05, 0) is 89.5 Å². The Kier molecular flexibility index (Phi) is 29.9. The number of ether oxygens (including phenoxy) is 2. The van der Waals surface area contributed by atoms with Crippen LogP contribution < -0.4 is 0 Å². The Morgan fingerprint density at radius 2 is 1.02 bits per heavy atom. The maximum atomic E-state index is 11.1. The normalized spacial score (nSPS) is 19.7. The van der Waals surface area contributed by atoms with Gasteiger partial charge in [-0.15, -0.1) is 0 Å². The fraction of sp³-hybridized carbons (Fsp3) is 0.444. The number of carbonyl (C=O) groups is 1.